The maximum atomic E-state index is 11.7. The molecular formula is C10H18N2O2. The van der Waals surface area contributed by atoms with Crippen molar-refractivity contribution in [2.24, 2.45) is 5.92 Å². The average molecular weight is 198 g/mol. The van der Waals surface area contributed by atoms with Crippen molar-refractivity contribution in [1.29, 1.82) is 0 Å². The minimum Gasteiger partial charge on any atom is -0.450 e. The van der Waals surface area contributed by atoms with E-state index in [1.165, 1.54) is 0 Å². The van der Waals surface area contributed by atoms with Crippen molar-refractivity contribution in [1.82, 2.24) is 10.2 Å². The normalized spacial score (nSPS) is 35.9. The molecule has 80 valence electrons. The summed E-state index contributed by atoms with van der Waals surface area (Å²) >= 11 is 0. The Morgan fingerprint density at radius 2 is 2.36 bits per heavy atom. The van der Waals surface area contributed by atoms with Crippen LogP contribution in [0.2, 0.25) is 0 Å². The number of likely N-dealkylation sites (tertiary alicyclic amines) is 1. The molecule has 0 spiro atoms. The van der Waals surface area contributed by atoms with E-state index in [0.717, 1.165) is 19.5 Å². The highest BCUT2D eigenvalue weighted by Crippen LogP contribution is 2.32. The smallest absolute Gasteiger partial charge is 0.410 e. The maximum absolute atomic E-state index is 11.7. The van der Waals surface area contributed by atoms with Gasteiger partial charge in [-0.1, -0.05) is 0 Å². The molecule has 0 radical (unpaired) electrons. The largest absolute Gasteiger partial charge is 0.450 e. The van der Waals surface area contributed by atoms with Gasteiger partial charge in [0.25, 0.3) is 0 Å². The molecule has 1 amide bonds. The molecule has 0 bridgehead atoms. The molecular weight excluding hydrogens is 180 g/mol. The van der Waals surface area contributed by atoms with Crippen molar-refractivity contribution in [3.63, 3.8) is 0 Å². The molecule has 3 unspecified atom stereocenters. The van der Waals surface area contributed by atoms with E-state index in [1.54, 1.807) is 0 Å². The fourth-order valence-corrected chi connectivity index (χ4v) is 2.68. The number of fused-ring (bicyclic) bond motifs is 1. The summed E-state index contributed by atoms with van der Waals surface area (Å²) < 4.78 is 5.06. The average Bonchev–Trinajstić information content (AvgIpc) is 2.63. The second kappa shape index (κ2) is 3.77. The minimum atomic E-state index is -0.142. The van der Waals surface area contributed by atoms with E-state index >= 15 is 0 Å². The second-order valence-corrected chi connectivity index (χ2v) is 4.18. The zero-order valence-electron chi connectivity index (χ0n) is 8.82. The molecule has 2 fully saturated rings. The molecule has 14 heavy (non-hydrogen) atoms. The lowest BCUT2D eigenvalue weighted by Crippen LogP contribution is -2.43. The first-order chi connectivity index (χ1) is 6.74. The Hall–Kier alpha value is -0.770. The van der Waals surface area contributed by atoms with Crippen LogP contribution in [0.15, 0.2) is 0 Å². The van der Waals surface area contributed by atoms with E-state index < -0.39 is 0 Å². The highest BCUT2D eigenvalue weighted by Gasteiger charge is 2.44. The van der Waals surface area contributed by atoms with E-state index in [9.17, 15) is 4.79 Å². The molecule has 2 saturated heterocycles. The summed E-state index contributed by atoms with van der Waals surface area (Å²) in [6.07, 6.45) is 0.965. The highest BCUT2D eigenvalue weighted by atomic mass is 16.6. The lowest BCUT2D eigenvalue weighted by Gasteiger charge is -2.26. The number of nitrogens with one attached hydrogen (secondary N) is 1. The van der Waals surface area contributed by atoms with Crippen LogP contribution in [0.5, 0.6) is 0 Å². The predicted molar refractivity (Wildman–Crippen MR) is 53.1 cm³/mol. The molecule has 0 aromatic rings. The Balaban J connectivity index is 2.05. The number of ether oxygens (including phenoxy) is 1. The molecule has 0 aliphatic carbocycles. The van der Waals surface area contributed by atoms with E-state index in [0.29, 0.717) is 24.6 Å². The predicted octanol–water partition coefficient (Wildman–Crippen LogP) is 0.825. The number of hydrogen-bond acceptors (Lipinski definition) is 3. The lowest BCUT2D eigenvalue weighted by atomic mass is 10.0. The SMILES string of the molecule is CCOC(=O)N1C(C)CC2CNCC21. The zero-order chi connectivity index (χ0) is 10.1. The molecule has 3 atom stereocenters. The number of carbonyl (C=O) groups excluding carboxylic acids is 1. The number of nitrogens with zero attached hydrogens (tertiary/aromatic N) is 1. The third kappa shape index (κ3) is 1.47. The Bertz CT molecular complexity index is 232. The van der Waals surface area contributed by atoms with Crippen molar-refractivity contribution in [3.05, 3.63) is 0 Å². The molecule has 0 aromatic carbocycles. The van der Waals surface area contributed by atoms with Crippen LogP contribution >= 0.6 is 0 Å². The van der Waals surface area contributed by atoms with Crippen molar-refractivity contribution in [2.45, 2.75) is 32.4 Å². The summed E-state index contributed by atoms with van der Waals surface area (Å²) in [5, 5.41) is 3.32. The summed E-state index contributed by atoms with van der Waals surface area (Å²) in [6, 6.07) is 0.704. The first-order valence-corrected chi connectivity index (χ1v) is 5.39. The molecule has 0 saturated carbocycles. The van der Waals surface area contributed by atoms with Crippen molar-refractivity contribution >= 4 is 6.09 Å². The van der Waals surface area contributed by atoms with Crippen LogP contribution in [0.1, 0.15) is 20.3 Å². The van der Waals surface area contributed by atoms with E-state index in [-0.39, 0.29) is 6.09 Å². The highest BCUT2D eigenvalue weighted by molar-refractivity contribution is 5.69. The third-order valence-electron chi connectivity index (χ3n) is 3.26. The monoisotopic (exact) mass is 198 g/mol. The number of amides is 1. The van der Waals surface area contributed by atoms with Crippen LogP contribution in [-0.2, 0) is 4.74 Å². The minimum absolute atomic E-state index is 0.142. The summed E-state index contributed by atoms with van der Waals surface area (Å²) in [5.41, 5.74) is 0. The maximum Gasteiger partial charge on any atom is 0.410 e. The van der Waals surface area contributed by atoms with Crippen LogP contribution in [0.3, 0.4) is 0 Å². The summed E-state index contributed by atoms with van der Waals surface area (Å²) in [4.78, 5) is 13.6. The number of rotatable bonds is 1. The van der Waals surface area contributed by atoms with Gasteiger partial charge in [0.05, 0.1) is 12.6 Å². The molecule has 4 heteroatoms. The quantitative estimate of drug-likeness (QED) is 0.678. The summed E-state index contributed by atoms with van der Waals surface area (Å²) in [5.74, 6) is 0.634. The van der Waals surface area contributed by atoms with Crippen LogP contribution in [-0.4, -0.2) is 42.8 Å². The van der Waals surface area contributed by atoms with Gasteiger partial charge >= 0.3 is 6.09 Å². The van der Waals surface area contributed by atoms with Gasteiger partial charge in [0.2, 0.25) is 0 Å². The van der Waals surface area contributed by atoms with Crippen LogP contribution in [0, 0.1) is 5.92 Å². The molecule has 0 aromatic heterocycles. The Morgan fingerprint density at radius 3 is 3.07 bits per heavy atom. The van der Waals surface area contributed by atoms with Crippen molar-refractivity contribution < 1.29 is 9.53 Å². The Kier molecular flexibility index (Phi) is 2.63. The molecule has 4 nitrogen and oxygen atoms in total. The van der Waals surface area contributed by atoms with Gasteiger partial charge in [0.1, 0.15) is 0 Å². The lowest BCUT2D eigenvalue weighted by molar-refractivity contribution is 0.0911. The molecule has 2 aliphatic heterocycles. The van der Waals surface area contributed by atoms with Crippen molar-refractivity contribution in [3.8, 4) is 0 Å². The van der Waals surface area contributed by atoms with E-state index in [1.807, 2.05) is 11.8 Å². The van der Waals surface area contributed by atoms with Crippen LogP contribution in [0.25, 0.3) is 0 Å². The number of carbonyl (C=O) groups is 1. The first kappa shape index (κ1) is 9.77. The zero-order valence-corrected chi connectivity index (χ0v) is 8.82. The fourth-order valence-electron chi connectivity index (χ4n) is 2.68. The first-order valence-electron chi connectivity index (χ1n) is 5.39. The summed E-state index contributed by atoms with van der Waals surface area (Å²) in [6.45, 7) is 6.39. The van der Waals surface area contributed by atoms with Gasteiger partial charge in [-0.2, -0.15) is 0 Å². The van der Waals surface area contributed by atoms with Gasteiger partial charge in [0.15, 0.2) is 0 Å². The van der Waals surface area contributed by atoms with Gasteiger partial charge in [-0.05, 0) is 26.2 Å². The van der Waals surface area contributed by atoms with E-state index in [2.05, 4.69) is 12.2 Å². The van der Waals surface area contributed by atoms with Gasteiger partial charge < -0.3 is 15.0 Å². The van der Waals surface area contributed by atoms with Gasteiger partial charge in [-0.15, -0.1) is 0 Å². The second-order valence-electron chi connectivity index (χ2n) is 4.18. The molecule has 2 aliphatic rings. The summed E-state index contributed by atoms with van der Waals surface area (Å²) in [7, 11) is 0. The van der Waals surface area contributed by atoms with Gasteiger partial charge in [-0.3, -0.25) is 0 Å². The van der Waals surface area contributed by atoms with E-state index in [4.69, 9.17) is 4.74 Å². The standard InChI is InChI=1S/C10H18N2O2/c1-3-14-10(13)12-7(2)4-8-5-11-6-9(8)12/h7-9,11H,3-6H2,1-2H3. The van der Waals surface area contributed by atoms with Crippen LogP contribution in [0.4, 0.5) is 4.79 Å². The topological polar surface area (TPSA) is 41.6 Å². The van der Waals surface area contributed by atoms with Crippen LogP contribution < -0.4 is 5.32 Å². The van der Waals surface area contributed by atoms with Crippen molar-refractivity contribution in [2.75, 3.05) is 19.7 Å². The Morgan fingerprint density at radius 1 is 1.57 bits per heavy atom. The third-order valence-corrected chi connectivity index (χ3v) is 3.26. The molecule has 1 N–H and O–H groups in total. The molecule has 2 rings (SSSR count). The molecule has 2 heterocycles. The van der Waals surface area contributed by atoms with Gasteiger partial charge in [-0.25, -0.2) is 4.79 Å². The van der Waals surface area contributed by atoms with Gasteiger partial charge in [0, 0.05) is 19.1 Å². The Labute approximate surface area is 84.6 Å². The number of hydrogen-bond donors (Lipinski definition) is 1. The fraction of sp³-hybridized carbons (Fsp3) is 0.900.